The lowest BCUT2D eigenvalue weighted by Crippen LogP contribution is -2.18. The highest BCUT2D eigenvalue weighted by atomic mass is 16.6. The molecule has 0 N–H and O–H groups in total. The van der Waals surface area contributed by atoms with E-state index in [2.05, 4.69) is 0 Å². The van der Waals surface area contributed by atoms with Gasteiger partial charge in [0.15, 0.2) is 19.8 Å². The van der Waals surface area contributed by atoms with E-state index >= 15 is 0 Å². The van der Waals surface area contributed by atoms with Crippen LogP contribution in [0.3, 0.4) is 0 Å². The molecule has 41 heavy (non-hydrogen) atoms. The van der Waals surface area contributed by atoms with E-state index in [1.165, 1.54) is 0 Å². The van der Waals surface area contributed by atoms with Gasteiger partial charge in [-0.2, -0.15) is 0 Å². The second-order valence-corrected chi connectivity index (χ2v) is 10.7. The lowest BCUT2D eigenvalue weighted by Gasteiger charge is -2.12. The number of hydrogen-bond donors (Lipinski definition) is 0. The van der Waals surface area contributed by atoms with E-state index in [9.17, 15) is 14.4 Å². The Balaban J connectivity index is 2.06. The molecule has 2 rings (SSSR count). The molecule has 0 aliphatic heterocycles. The normalized spacial score (nSPS) is 11.1. The Labute approximate surface area is 242 Å². The fourth-order valence-electron chi connectivity index (χ4n) is 3.05. The van der Waals surface area contributed by atoms with Crippen LogP contribution >= 0.6 is 0 Å². The molecule has 0 bridgehead atoms. The molecule has 0 saturated carbocycles. The average molecular weight is 571 g/mol. The van der Waals surface area contributed by atoms with E-state index in [0.717, 1.165) is 11.1 Å². The van der Waals surface area contributed by atoms with Gasteiger partial charge in [0.2, 0.25) is 0 Å². The molecule has 0 heterocycles. The van der Waals surface area contributed by atoms with Gasteiger partial charge in [0, 0.05) is 6.07 Å². The zero-order valence-electron chi connectivity index (χ0n) is 24.8. The molecular formula is C32H42O9. The van der Waals surface area contributed by atoms with Crippen LogP contribution in [0.15, 0.2) is 42.5 Å². The molecule has 9 nitrogen and oxygen atoms in total. The van der Waals surface area contributed by atoms with Gasteiger partial charge in [-0.15, -0.1) is 0 Å². The maximum Gasteiger partial charge on any atom is 0.344 e. The molecule has 2 aromatic rings. The number of carbonyl (C=O) groups excluding carboxylic acids is 3. The van der Waals surface area contributed by atoms with E-state index < -0.39 is 17.9 Å². The number of esters is 3. The van der Waals surface area contributed by atoms with Crippen molar-refractivity contribution in [3.8, 4) is 17.2 Å². The van der Waals surface area contributed by atoms with Crippen LogP contribution in [-0.4, -0.2) is 57.5 Å². The van der Waals surface area contributed by atoms with Gasteiger partial charge < -0.3 is 28.4 Å². The summed E-state index contributed by atoms with van der Waals surface area (Å²) in [6, 6.07) is 12.3. The van der Waals surface area contributed by atoms with Crippen molar-refractivity contribution in [2.24, 2.45) is 17.8 Å². The first-order valence-electron chi connectivity index (χ1n) is 13.8. The molecule has 0 radical (unpaired) electrons. The second kappa shape index (κ2) is 17.6. The monoisotopic (exact) mass is 570 g/mol. The highest BCUT2D eigenvalue weighted by Crippen LogP contribution is 2.25. The minimum absolute atomic E-state index is 0.159. The number of carbonyl (C=O) groups is 3. The van der Waals surface area contributed by atoms with Gasteiger partial charge in [0.1, 0.15) is 17.2 Å². The Morgan fingerprint density at radius 2 is 0.902 bits per heavy atom. The third-order valence-corrected chi connectivity index (χ3v) is 5.05. The van der Waals surface area contributed by atoms with Crippen LogP contribution in [0, 0.1) is 17.8 Å². The van der Waals surface area contributed by atoms with Crippen molar-refractivity contribution in [2.75, 3.05) is 39.6 Å². The quantitative estimate of drug-likeness (QED) is 0.137. The second-order valence-electron chi connectivity index (χ2n) is 10.7. The summed E-state index contributed by atoms with van der Waals surface area (Å²) in [7, 11) is 0. The van der Waals surface area contributed by atoms with E-state index in [1.54, 1.807) is 30.3 Å². The standard InChI is InChI=1S/C32H42O9/c1-22(2)16-39-30(33)19-36-27-11-9-25(10-12-27)7-8-26-13-28(37-20-31(34)40-17-23(3)4)15-29(14-26)38-21-32(35)41-18-24(5)6/h7-15,22-24H,16-21H2,1-6H3/b8-7+. The number of rotatable bonds is 17. The van der Waals surface area contributed by atoms with Gasteiger partial charge in [-0.3, -0.25) is 0 Å². The highest BCUT2D eigenvalue weighted by Gasteiger charge is 2.11. The Kier molecular flexibility index (Phi) is 14.3. The fourth-order valence-corrected chi connectivity index (χ4v) is 3.05. The van der Waals surface area contributed by atoms with Crippen LogP contribution < -0.4 is 14.2 Å². The van der Waals surface area contributed by atoms with Crippen LogP contribution in [0.1, 0.15) is 52.7 Å². The van der Waals surface area contributed by atoms with E-state index in [4.69, 9.17) is 28.4 Å². The van der Waals surface area contributed by atoms with Crippen molar-refractivity contribution in [2.45, 2.75) is 41.5 Å². The summed E-state index contributed by atoms with van der Waals surface area (Å²) in [6.45, 7) is 12.0. The Morgan fingerprint density at radius 1 is 0.537 bits per heavy atom. The molecule has 224 valence electrons. The molecule has 0 spiro atoms. The Bertz CT molecular complexity index is 1090. The van der Waals surface area contributed by atoms with Crippen LogP contribution in [-0.2, 0) is 28.6 Å². The van der Waals surface area contributed by atoms with E-state index in [-0.39, 0.29) is 37.6 Å². The van der Waals surface area contributed by atoms with Crippen molar-refractivity contribution in [1.29, 1.82) is 0 Å². The molecule has 0 atom stereocenters. The van der Waals surface area contributed by atoms with Crippen LogP contribution in [0.25, 0.3) is 12.2 Å². The minimum atomic E-state index is -0.477. The summed E-state index contributed by atoms with van der Waals surface area (Å²) in [5.41, 5.74) is 1.60. The molecule has 2 aromatic carbocycles. The number of benzene rings is 2. The summed E-state index contributed by atoms with van der Waals surface area (Å²) in [4.78, 5) is 35.8. The summed E-state index contributed by atoms with van der Waals surface area (Å²) in [5, 5.41) is 0. The van der Waals surface area contributed by atoms with Gasteiger partial charge >= 0.3 is 17.9 Å². The first kappa shape index (κ1) is 33.2. The first-order valence-corrected chi connectivity index (χ1v) is 13.8. The predicted octanol–water partition coefficient (Wildman–Crippen LogP) is 5.59. The molecule has 0 saturated heterocycles. The van der Waals surface area contributed by atoms with Gasteiger partial charge in [0.05, 0.1) is 19.8 Å². The number of ether oxygens (including phenoxy) is 6. The number of hydrogen-bond acceptors (Lipinski definition) is 9. The predicted molar refractivity (Wildman–Crippen MR) is 156 cm³/mol. The third kappa shape index (κ3) is 14.8. The largest absolute Gasteiger partial charge is 0.482 e. The molecule has 0 aliphatic carbocycles. The van der Waals surface area contributed by atoms with Crippen LogP contribution in [0.2, 0.25) is 0 Å². The summed E-state index contributed by atoms with van der Waals surface area (Å²) < 4.78 is 32.3. The van der Waals surface area contributed by atoms with Crippen molar-refractivity contribution in [3.63, 3.8) is 0 Å². The zero-order valence-corrected chi connectivity index (χ0v) is 24.8. The summed E-state index contributed by atoms with van der Waals surface area (Å²) >= 11 is 0. The molecule has 0 aliphatic rings. The van der Waals surface area contributed by atoms with Crippen molar-refractivity contribution >= 4 is 30.1 Å². The van der Waals surface area contributed by atoms with E-state index in [1.807, 2.05) is 65.8 Å². The first-order chi connectivity index (χ1) is 19.5. The maximum atomic E-state index is 12.0. The molecule has 0 unspecified atom stereocenters. The lowest BCUT2D eigenvalue weighted by molar-refractivity contribution is -0.147. The summed E-state index contributed by atoms with van der Waals surface area (Å²) in [6.07, 6.45) is 3.71. The molecule has 0 aromatic heterocycles. The third-order valence-electron chi connectivity index (χ3n) is 5.05. The highest BCUT2D eigenvalue weighted by molar-refractivity contribution is 5.74. The van der Waals surface area contributed by atoms with Crippen molar-refractivity contribution < 1.29 is 42.8 Å². The van der Waals surface area contributed by atoms with Gasteiger partial charge in [-0.25, -0.2) is 14.4 Å². The topological polar surface area (TPSA) is 107 Å². The minimum Gasteiger partial charge on any atom is -0.482 e. The Hall–Kier alpha value is -4.01. The van der Waals surface area contributed by atoms with Gasteiger partial charge in [-0.1, -0.05) is 65.8 Å². The van der Waals surface area contributed by atoms with Crippen LogP contribution in [0.4, 0.5) is 0 Å². The fraction of sp³-hybridized carbons (Fsp3) is 0.469. The van der Waals surface area contributed by atoms with Gasteiger partial charge in [-0.05, 0) is 53.1 Å². The molecule has 0 amide bonds. The Morgan fingerprint density at radius 3 is 1.29 bits per heavy atom. The lowest BCUT2D eigenvalue weighted by atomic mass is 10.1. The summed E-state index contributed by atoms with van der Waals surface area (Å²) in [5.74, 6) is 0.638. The van der Waals surface area contributed by atoms with E-state index in [0.29, 0.717) is 37.1 Å². The molecular weight excluding hydrogens is 528 g/mol. The van der Waals surface area contributed by atoms with Crippen molar-refractivity contribution in [1.82, 2.24) is 0 Å². The molecule has 0 fully saturated rings. The van der Waals surface area contributed by atoms with Gasteiger partial charge in [0.25, 0.3) is 0 Å². The maximum absolute atomic E-state index is 12.0. The van der Waals surface area contributed by atoms with Crippen molar-refractivity contribution in [3.05, 3.63) is 53.6 Å². The molecule has 9 heteroatoms. The zero-order chi connectivity index (χ0) is 30.2. The van der Waals surface area contributed by atoms with Crippen LogP contribution in [0.5, 0.6) is 17.2 Å². The SMILES string of the molecule is CC(C)COC(=O)COc1ccc(/C=C/c2cc(OCC(=O)OCC(C)C)cc(OCC(=O)OCC(C)C)c2)cc1. The average Bonchev–Trinajstić information content (AvgIpc) is 2.94. The smallest absolute Gasteiger partial charge is 0.344 e.